The number of ether oxygens (including phenoxy) is 1. The van der Waals surface area contributed by atoms with Gasteiger partial charge in [-0.25, -0.2) is 0 Å². The van der Waals surface area contributed by atoms with Crippen LogP contribution in [0.1, 0.15) is 11.1 Å². The van der Waals surface area contributed by atoms with Crippen LogP contribution in [0.5, 0.6) is 5.75 Å². The number of nitrogens with zero attached hydrogens (tertiary/aromatic N) is 1. The minimum atomic E-state index is -0.476. The molecule has 0 saturated carbocycles. The Labute approximate surface area is 187 Å². The molecule has 0 aromatic heterocycles. The number of hydrogen-bond donors (Lipinski definition) is 1. The first kappa shape index (κ1) is 20.9. The summed E-state index contributed by atoms with van der Waals surface area (Å²) in [6.07, 6.45) is 1.52. The Morgan fingerprint density at radius 2 is 1.86 bits per heavy atom. The van der Waals surface area contributed by atoms with E-state index in [-0.39, 0.29) is 12.2 Å². The molecule has 1 amide bonds. The monoisotopic (exact) mass is 514 g/mol. The van der Waals surface area contributed by atoms with Crippen LogP contribution >= 0.6 is 34.2 Å². The van der Waals surface area contributed by atoms with Crippen LogP contribution in [0, 0.1) is 14.9 Å². The lowest BCUT2D eigenvalue weighted by Crippen LogP contribution is -2.13. The number of rotatable bonds is 6. The van der Waals surface area contributed by atoms with Crippen molar-refractivity contribution >= 4 is 51.9 Å². The highest BCUT2D eigenvalue weighted by atomic mass is 127. The predicted molar refractivity (Wildman–Crippen MR) is 124 cm³/mol. The molecular weight excluding hydrogens is 499 g/mol. The minimum absolute atomic E-state index is 0.0161. The molecule has 0 aliphatic carbocycles. The van der Waals surface area contributed by atoms with Gasteiger partial charge in [0.1, 0.15) is 24.0 Å². The summed E-state index contributed by atoms with van der Waals surface area (Å²) >= 11 is 8.34. The van der Waals surface area contributed by atoms with Gasteiger partial charge in [0.05, 0.1) is 0 Å². The molecule has 1 N–H and O–H groups in total. The maximum Gasteiger partial charge on any atom is 0.266 e. The molecule has 0 fully saturated rings. The van der Waals surface area contributed by atoms with Crippen molar-refractivity contribution in [1.82, 2.24) is 0 Å². The molecule has 0 saturated heterocycles. The van der Waals surface area contributed by atoms with E-state index in [1.54, 1.807) is 24.3 Å². The van der Waals surface area contributed by atoms with Crippen molar-refractivity contribution in [3.8, 4) is 11.8 Å². The van der Waals surface area contributed by atoms with Gasteiger partial charge >= 0.3 is 0 Å². The maximum atomic E-state index is 12.5. The average Bonchev–Trinajstić information content (AvgIpc) is 2.72. The van der Waals surface area contributed by atoms with E-state index in [1.165, 1.54) is 6.08 Å². The summed E-state index contributed by atoms with van der Waals surface area (Å²) < 4.78 is 6.88. The molecule has 3 rings (SSSR count). The van der Waals surface area contributed by atoms with Gasteiger partial charge in [0.25, 0.3) is 5.91 Å². The summed E-state index contributed by atoms with van der Waals surface area (Å²) in [4.78, 5) is 12.5. The first-order chi connectivity index (χ1) is 14.1. The van der Waals surface area contributed by atoms with E-state index in [0.717, 1.165) is 9.13 Å². The Hall–Kier alpha value is -2.82. The van der Waals surface area contributed by atoms with E-state index in [4.69, 9.17) is 16.3 Å². The van der Waals surface area contributed by atoms with Crippen LogP contribution in [0.2, 0.25) is 5.02 Å². The molecule has 0 unspecified atom stereocenters. The summed E-state index contributed by atoms with van der Waals surface area (Å²) in [5.41, 5.74) is 2.10. The first-order valence-corrected chi connectivity index (χ1v) is 10.2. The standard InChI is InChI=1S/C23H16ClIN2O2/c24-21-10-3-1-7-17(21)15-29-22-11-4-2-6-16(22)12-18(14-26)23(28)27-20-9-5-8-19(25)13-20/h1-13H,15H2,(H,27,28)/b18-12+. The summed E-state index contributed by atoms with van der Waals surface area (Å²) in [7, 11) is 0. The number of carbonyl (C=O) groups excluding carboxylic acids is 1. The van der Waals surface area contributed by atoms with Crippen LogP contribution in [0.15, 0.2) is 78.4 Å². The van der Waals surface area contributed by atoms with Crippen molar-refractivity contribution in [2.45, 2.75) is 6.61 Å². The molecule has 6 heteroatoms. The van der Waals surface area contributed by atoms with Gasteiger partial charge in [-0.05, 0) is 59.0 Å². The number of nitriles is 1. The van der Waals surface area contributed by atoms with Gasteiger partial charge in [0.2, 0.25) is 0 Å². The summed E-state index contributed by atoms with van der Waals surface area (Å²) in [6, 6.07) is 24.0. The number of carbonyl (C=O) groups is 1. The lowest BCUT2D eigenvalue weighted by atomic mass is 10.1. The van der Waals surface area contributed by atoms with Crippen molar-refractivity contribution in [2.24, 2.45) is 0 Å². The zero-order valence-corrected chi connectivity index (χ0v) is 18.1. The van der Waals surface area contributed by atoms with Gasteiger partial charge in [-0.3, -0.25) is 4.79 Å². The van der Waals surface area contributed by atoms with E-state index in [2.05, 4.69) is 27.9 Å². The summed E-state index contributed by atoms with van der Waals surface area (Å²) in [5.74, 6) is 0.0811. The Bertz CT molecular complexity index is 1110. The molecule has 0 atom stereocenters. The fourth-order valence-electron chi connectivity index (χ4n) is 2.57. The van der Waals surface area contributed by atoms with Crippen molar-refractivity contribution in [1.29, 1.82) is 5.26 Å². The Morgan fingerprint density at radius 1 is 1.10 bits per heavy atom. The van der Waals surface area contributed by atoms with Crippen LogP contribution < -0.4 is 10.1 Å². The number of para-hydroxylation sites is 1. The molecule has 3 aromatic rings. The van der Waals surface area contributed by atoms with Gasteiger partial charge < -0.3 is 10.1 Å². The quantitative estimate of drug-likeness (QED) is 0.247. The van der Waals surface area contributed by atoms with Crippen molar-refractivity contribution in [3.63, 3.8) is 0 Å². The molecule has 4 nitrogen and oxygen atoms in total. The predicted octanol–water partition coefficient (Wildman–Crippen LogP) is 6.07. The van der Waals surface area contributed by atoms with Gasteiger partial charge in [0.15, 0.2) is 0 Å². The number of benzene rings is 3. The zero-order chi connectivity index (χ0) is 20.6. The van der Waals surface area contributed by atoms with E-state index in [9.17, 15) is 10.1 Å². The number of nitrogens with one attached hydrogen (secondary N) is 1. The molecule has 144 valence electrons. The van der Waals surface area contributed by atoms with Gasteiger partial charge in [0, 0.05) is 25.4 Å². The lowest BCUT2D eigenvalue weighted by Gasteiger charge is -2.11. The van der Waals surface area contributed by atoms with Crippen LogP contribution in [0.4, 0.5) is 5.69 Å². The Kier molecular flexibility index (Phi) is 7.28. The highest BCUT2D eigenvalue weighted by molar-refractivity contribution is 14.1. The second-order valence-corrected chi connectivity index (χ2v) is 7.71. The van der Waals surface area contributed by atoms with E-state index in [0.29, 0.717) is 22.0 Å². The molecule has 3 aromatic carbocycles. The van der Waals surface area contributed by atoms with Crippen molar-refractivity contribution in [2.75, 3.05) is 5.32 Å². The lowest BCUT2D eigenvalue weighted by molar-refractivity contribution is -0.112. The fourth-order valence-corrected chi connectivity index (χ4v) is 3.30. The molecule has 0 heterocycles. The third-order valence-corrected chi connectivity index (χ3v) is 5.05. The average molecular weight is 515 g/mol. The molecule has 29 heavy (non-hydrogen) atoms. The topological polar surface area (TPSA) is 62.1 Å². The normalized spacial score (nSPS) is 10.9. The maximum absolute atomic E-state index is 12.5. The van der Waals surface area contributed by atoms with Crippen LogP contribution in [0.3, 0.4) is 0 Å². The second-order valence-electron chi connectivity index (χ2n) is 6.05. The largest absolute Gasteiger partial charge is 0.488 e. The number of anilines is 1. The number of hydrogen-bond acceptors (Lipinski definition) is 3. The Morgan fingerprint density at radius 3 is 2.62 bits per heavy atom. The van der Waals surface area contributed by atoms with E-state index < -0.39 is 5.91 Å². The van der Waals surface area contributed by atoms with Crippen molar-refractivity contribution in [3.05, 3.63) is 98.1 Å². The summed E-state index contributed by atoms with van der Waals surface area (Å²) in [5, 5.41) is 12.9. The van der Waals surface area contributed by atoms with Gasteiger partial charge in [-0.2, -0.15) is 5.26 Å². The highest BCUT2D eigenvalue weighted by Crippen LogP contribution is 2.24. The zero-order valence-electron chi connectivity index (χ0n) is 15.2. The summed E-state index contributed by atoms with van der Waals surface area (Å²) in [6.45, 7) is 0.279. The molecule has 0 aliphatic heterocycles. The van der Waals surface area contributed by atoms with Crippen LogP contribution in [-0.2, 0) is 11.4 Å². The minimum Gasteiger partial charge on any atom is -0.488 e. The van der Waals surface area contributed by atoms with Gasteiger partial charge in [-0.15, -0.1) is 0 Å². The van der Waals surface area contributed by atoms with Crippen LogP contribution in [-0.4, -0.2) is 5.91 Å². The van der Waals surface area contributed by atoms with E-state index >= 15 is 0 Å². The SMILES string of the molecule is N#C/C(=C\c1ccccc1OCc1ccccc1Cl)C(=O)Nc1cccc(I)c1. The van der Waals surface area contributed by atoms with Crippen molar-refractivity contribution < 1.29 is 9.53 Å². The molecule has 0 radical (unpaired) electrons. The van der Waals surface area contributed by atoms with Crippen LogP contribution in [0.25, 0.3) is 6.08 Å². The number of halogens is 2. The molecule has 0 bridgehead atoms. The third kappa shape index (κ3) is 5.83. The Balaban J connectivity index is 1.80. The molecule has 0 spiro atoms. The fraction of sp³-hybridized carbons (Fsp3) is 0.0435. The van der Waals surface area contributed by atoms with Gasteiger partial charge in [-0.1, -0.05) is 54.1 Å². The number of amides is 1. The first-order valence-electron chi connectivity index (χ1n) is 8.71. The molecule has 0 aliphatic rings. The second kappa shape index (κ2) is 10.1. The smallest absolute Gasteiger partial charge is 0.266 e. The molecular formula is C23H16ClIN2O2. The third-order valence-electron chi connectivity index (χ3n) is 4.01. The van der Waals surface area contributed by atoms with E-state index in [1.807, 2.05) is 54.6 Å². The highest BCUT2D eigenvalue weighted by Gasteiger charge is 2.12.